The number of benzene rings is 1. The summed E-state index contributed by atoms with van der Waals surface area (Å²) in [4.78, 5) is 24.1. The van der Waals surface area contributed by atoms with Crippen LogP contribution in [0.5, 0.6) is 0 Å². The first-order valence-corrected chi connectivity index (χ1v) is 6.62. The second-order valence-electron chi connectivity index (χ2n) is 4.96. The van der Waals surface area contributed by atoms with Crippen LogP contribution >= 0.6 is 0 Å². The summed E-state index contributed by atoms with van der Waals surface area (Å²) in [5.74, 6) is -0.293. The van der Waals surface area contributed by atoms with E-state index in [1.165, 1.54) is 6.20 Å². The van der Waals surface area contributed by atoms with Gasteiger partial charge in [0.05, 0.1) is 17.4 Å². The minimum atomic E-state index is -0.423. The fraction of sp³-hybridized carbons (Fsp3) is 0.286. The van der Waals surface area contributed by atoms with E-state index in [2.05, 4.69) is 26.0 Å². The molecule has 7 nitrogen and oxygen atoms in total. The lowest BCUT2D eigenvalue weighted by molar-refractivity contribution is 0.0950. The van der Waals surface area contributed by atoms with Crippen LogP contribution in [0.4, 0.5) is 5.69 Å². The van der Waals surface area contributed by atoms with Crippen LogP contribution in [0, 0.1) is 5.92 Å². The smallest absolute Gasteiger partial charge is 0.277 e. The number of aromatic nitrogens is 3. The first-order valence-electron chi connectivity index (χ1n) is 6.62. The largest absolute Gasteiger partial charge is 0.352 e. The zero-order chi connectivity index (χ0) is 15.2. The van der Waals surface area contributed by atoms with Crippen LogP contribution in [0.25, 0.3) is 0 Å². The molecule has 0 saturated carbocycles. The Morgan fingerprint density at radius 1 is 1.24 bits per heavy atom. The summed E-state index contributed by atoms with van der Waals surface area (Å²) in [7, 11) is 0. The Morgan fingerprint density at radius 3 is 2.67 bits per heavy atom. The highest BCUT2D eigenvalue weighted by Crippen LogP contribution is 2.15. The number of nitrogens with one attached hydrogen (secondary N) is 3. The van der Waals surface area contributed by atoms with Crippen LogP contribution in [0.1, 0.15) is 34.7 Å². The minimum absolute atomic E-state index is 0.160. The van der Waals surface area contributed by atoms with Crippen molar-refractivity contribution in [2.24, 2.45) is 5.92 Å². The van der Waals surface area contributed by atoms with Gasteiger partial charge < -0.3 is 10.6 Å². The maximum atomic E-state index is 12.1. The molecule has 0 saturated heterocycles. The van der Waals surface area contributed by atoms with Crippen LogP contribution in [-0.4, -0.2) is 33.8 Å². The molecule has 3 N–H and O–H groups in total. The molecular weight excluding hydrogens is 270 g/mol. The predicted octanol–water partition coefficient (Wildman–Crippen LogP) is 1.44. The van der Waals surface area contributed by atoms with Crippen molar-refractivity contribution in [2.75, 3.05) is 11.9 Å². The number of H-pyrrole nitrogens is 1. The Bertz CT molecular complexity index is 622. The third-order valence-corrected chi connectivity index (χ3v) is 2.74. The molecule has 0 atom stereocenters. The van der Waals surface area contributed by atoms with Gasteiger partial charge >= 0.3 is 0 Å². The fourth-order valence-corrected chi connectivity index (χ4v) is 1.68. The maximum Gasteiger partial charge on any atom is 0.277 e. The average Bonchev–Trinajstić information content (AvgIpc) is 2.99. The van der Waals surface area contributed by atoms with Gasteiger partial charge in [-0.1, -0.05) is 26.0 Å². The lowest BCUT2D eigenvalue weighted by Crippen LogP contribution is -2.28. The van der Waals surface area contributed by atoms with Crippen LogP contribution in [0.2, 0.25) is 0 Å². The zero-order valence-corrected chi connectivity index (χ0v) is 11.9. The number of aromatic amines is 1. The molecule has 21 heavy (non-hydrogen) atoms. The monoisotopic (exact) mass is 287 g/mol. The predicted molar refractivity (Wildman–Crippen MR) is 77.9 cm³/mol. The number of carbonyl (C=O) groups excluding carboxylic acids is 2. The van der Waals surface area contributed by atoms with Gasteiger partial charge in [0.1, 0.15) is 0 Å². The number of anilines is 1. The molecule has 0 aliphatic heterocycles. The van der Waals surface area contributed by atoms with E-state index in [1.54, 1.807) is 24.3 Å². The Kier molecular flexibility index (Phi) is 4.65. The van der Waals surface area contributed by atoms with E-state index in [-0.39, 0.29) is 11.6 Å². The van der Waals surface area contributed by atoms with Gasteiger partial charge in [-0.05, 0) is 18.1 Å². The van der Waals surface area contributed by atoms with E-state index in [9.17, 15) is 9.59 Å². The Labute approximate surface area is 122 Å². The third-order valence-electron chi connectivity index (χ3n) is 2.74. The highest BCUT2D eigenvalue weighted by Gasteiger charge is 2.15. The molecule has 0 unspecified atom stereocenters. The number of hydrogen-bond donors (Lipinski definition) is 3. The third kappa shape index (κ3) is 3.88. The minimum Gasteiger partial charge on any atom is -0.352 e. The SMILES string of the molecule is CC(C)CNC(=O)c1ccccc1NC(=O)c1cn[nH]n1. The van der Waals surface area contributed by atoms with E-state index >= 15 is 0 Å². The number of para-hydroxylation sites is 1. The Morgan fingerprint density at radius 2 is 2.00 bits per heavy atom. The van der Waals surface area contributed by atoms with Crippen LogP contribution < -0.4 is 10.6 Å². The highest BCUT2D eigenvalue weighted by atomic mass is 16.2. The number of carbonyl (C=O) groups is 2. The van der Waals surface area contributed by atoms with Gasteiger partial charge in [-0.2, -0.15) is 15.4 Å². The van der Waals surface area contributed by atoms with Crippen molar-refractivity contribution in [3.05, 3.63) is 41.7 Å². The summed E-state index contributed by atoms with van der Waals surface area (Å²) < 4.78 is 0. The lowest BCUT2D eigenvalue weighted by Gasteiger charge is -2.11. The second kappa shape index (κ2) is 6.65. The Hall–Kier alpha value is -2.70. The van der Waals surface area contributed by atoms with E-state index in [1.807, 2.05) is 13.8 Å². The van der Waals surface area contributed by atoms with Crippen LogP contribution in [0.15, 0.2) is 30.5 Å². The first-order chi connectivity index (χ1) is 10.1. The van der Waals surface area contributed by atoms with E-state index in [0.717, 1.165) is 0 Å². The number of hydrogen-bond acceptors (Lipinski definition) is 4. The quantitative estimate of drug-likeness (QED) is 0.774. The van der Waals surface area contributed by atoms with E-state index in [4.69, 9.17) is 0 Å². The molecule has 0 aliphatic carbocycles. The maximum absolute atomic E-state index is 12.1. The van der Waals surface area contributed by atoms with Gasteiger partial charge in [-0.25, -0.2) is 0 Å². The molecule has 0 fully saturated rings. The van der Waals surface area contributed by atoms with Crippen molar-refractivity contribution in [3.63, 3.8) is 0 Å². The van der Waals surface area contributed by atoms with Crippen molar-refractivity contribution < 1.29 is 9.59 Å². The van der Waals surface area contributed by atoms with Gasteiger partial charge in [-0.15, -0.1) is 0 Å². The Balaban J connectivity index is 2.13. The summed E-state index contributed by atoms with van der Waals surface area (Å²) in [6.45, 7) is 4.60. The van der Waals surface area contributed by atoms with Gasteiger partial charge in [0.25, 0.3) is 11.8 Å². The molecule has 0 bridgehead atoms. The normalized spacial score (nSPS) is 10.4. The van der Waals surface area contributed by atoms with E-state index in [0.29, 0.717) is 23.7 Å². The lowest BCUT2D eigenvalue weighted by atomic mass is 10.1. The summed E-state index contributed by atoms with van der Waals surface area (Å²) >= 11 is 0. The molecule has 2 rings (SSSR count). The molecule has 1 aromatic carbocycles. The van der Waals surface area contributed by atoms with Gasteiger partial charge in [0.15, 0.2) is 5.69 Å². The van der Waals surface area contributed by atoms with Gasteiger partial charge in [0.2, 0.25) is 0 Å². The molecule has 2 amide bonds. The fourth-order valence-electron chi connectivity index (χ4n) is 1.68. The molecule has 0 radical (unpaired) electrons. The number of amides is 2. The molecule has 0 spiro atoms. The molecule has 2 aromatic rings. The number of nitrogens with zero attached hydrogens (tertiary/aromatic N) is 2. The second-order valence-corrected chi connectivity index (χ2v) is 4.96. The molecule has 1 aromatic heterocycles. The molecule has 1 heterocycles. The van der Waals surface area contributed by atoms with Crippen molar-refractivity contribution in [2.45, 2.75) is 13.8 Å². The highest BCUT2D eigenvalue weighted by molar-refractivity contribution is 6.08. The number of rotatable bonds is 5. The summed E-state index contributed by atoms with van der Waals surface area (Å²) in [6.07, 6.45) is 1.32. The van der Waals surface area contributed by atoms with Crippen molar-refractivity contribution >= 4 is 17.5 Å². The molecule has 7 heteroatoms. The van der Waals surface area contributed by atoms with Crippen LogP contribution in [0.3, 0.4) is 0 Å². The van der Waals surface area contributed by atoms with Gasteiger partial charge in [0, 0.05) is 6.54 Å². The molecule has 0 aliphatic rings. The van der Waals surface area contributed by atoms with Gasteiger partial charge in [-0.3, -0.25) is 9.59 Å². The van der Waals surface area contributed by atoms with Crippen molar-refractivity contribution in [1.29, 1.82) is 0 Å². The topological polar surface area (TPSA) is 99.8 Å². The standard InChI is InChI=1S/C14H17N5O2/c1-9(2)7-15-13(20)10-5-3-4-6-11(10)17-14(21)12-8-16-19-18-12/h3-6,8-9H,7H2,1-2H3,(H,15,20)(H,17,21)(H,16,18,19). The summed E-state index contributed by atoms with van der Waals surface area (Å²) in [5, 5.41) is 15.1. The molecule has 110 valence electrons. The summed E-state index contributed by atoms with van der Waals surface area (Å²) in [6, 6.07) is 6.82. The van der Waals surface area contributed by atoms with Crippen molar-refractivity contribution in [1.82, 2.24) is 20.7 Å². The van der Waals surface area contributed by atoms with Crippen LogP contribution in [-0.2, 0) is 0 Å². The average molecular weight is 287 g/mol. The van der Waals surface area contributed by atoms with Crippen molar-refractivity contribution in [3.8, 4) is 0 Å². The molecular formula is C14H17N5O2. The zero-order valence-electron chi connectivity index (χ0n) is 11.9. The van der Waals surface area contributed by atoms with E-state index < -0.39 is 5.91 Å². The first kappa shape index (κ1) is 14.7. The summed E-state index contributed by atoms with van der Waals surface area (Å²) in [5.41, 5.74) is 1.01.